The fourth-order valence-corrected chi connectivity index (χ4v) is 8.11. The van der Waals surface area contributed by atoms with Crippen molar-refractivity contribution >= 4 is 0 Å². The standard InChI is InChI=1S/C51H88O4/c1-7-13-15-17-19-21-23-25-27-29-33-41-50(9-3,54-11-5)44-52-48-39-37-46(38-40-48)43-47-35-31-32-36-49(47)53-45-51(10-4,55-12-6)42-34-30-28-26-24-22-20-18-16-14-8-2/h31-32,35-40H,7-30,33-34,41-45H2,1-6H3. The Morgan fingerprint density at radius 3 is 1.24 bits per heavy atom. The van der Waals surface area contributed by atoms with Crippen LogP contribution in [0.1, 0.15) is 220 Å². The number of rotatable bonds is 38. The summed E-state index contributed by atoms with van der Waals surface area (Å²) in [4.78, 5) is 0. The molecule has 2 atom stereocenters. The normalized spacial score (nSPS) is 13.8. The van der Waals surface area contributed by atoms with E-state index in [2.05, 4.69) is 90.1 Å². The van der Waals surface area contributed by atoms with E-state index in [1.807, 2.05) is 0 Å². The highest BCUT2D eigenvalue weighted by Crippen LogP contribution is 2.30. The van der Waals surface area contributed by atoms with Crippen molar-refractivity contribution in [3.8, 4) is 11.5 Å². The van der Waals surface area contributed by atoms with E-state index in [4.69, 9.17) is 18.9 Å². The molecule has 2 aromatic rings. The number of hydrogen-bond donors (Lipinski definition) is 0. The molecule has 0 spiro atoms. The molecule has 4 heteroatoms. The minimum atomic E-state index is -0.234. The van der Waals surface area contributed by atoms with E-state index in [1.165, 1.54) is 152 Å². The summed E-state index contributed by atoms with van der Waals surface area (Å²) in [6, 6.07) is 17.2. The molecule has 2 rings (SSSR count). The molecule has 0 saturated heterocycles. The minimum Gasteiger partial charge on any atom is -0.491 e. The van der Waals surface area contributed by atoms with Gasteiger partial charge in [0.25, 0.3) is 0 Å². The molecule has 55 heavy (non-hydrogen) atoms. The summed E-state index contributed by atoms with van der Waals surface area (Å²) >= 11 is 0. The summed E-state index contributed by atoms with van der Waals surface area (Å²) in [5.74, 6) is 1.88. The molecule has 316 valence electrons. The molecule has 0 bridgehead atoms. The largest absolute Gasteiger partial charge is 0.491 e. The van der Waals surface area contributed by atoms with Gasteiger partial charge in [-0.05, 0) is 68.9 Å². The first kappa shape index (κ1) is 49.1. The first-order valence-electron chi connectivity index (χ1n) is 23.7. The van der Waals surface area contributed by atoms with E-state index < -0.39 is 0 Å². The van der Waals surface area contributed by atoms with Crippen LogP contribution in [0.3, 0.4) is 0 Å². The van der Waals surface area contributed by atoms with E-state index in [0.29, 0.717) is 19.8 Å². The highest BCUT2D eigenvalue weighted by molar-refractivity contribution is 5.39. The predicted octanol–water partition coefficient (Wildman–Crippen LogP) is 15.8. The lowest BCUT2D eigenvalue weighted by Gasteiger charge is -2.33. The smallest absolute Gasteiger partial charge is 0.122 e. The Labute approximate surface area is 341 Å². The fraction of sp³-hybridized carbons (Fsp3) is 0.765. The number of ether oxygens (including phenoxy) is 4. The van der Waals surface area contributed by atoms with Gasteiger partial charge in [0.15, 0.2) is 0 Å². The van der Waals surface area contributed by atoms with E-state index in [9.17, 15) is 0 Å². The molecule has 0 heterocycles. The lowest BCUT2D eigenvalue weighted by Crippen LogP contribution is -2.39. The Morgan fingerprint density at radius 2 is 0.818 bits per heavy atom. The van der Waals surface area contributed by atoms with Crippen molar-refractivity contribution in [1.29, 1.82) is 0 Å². The van der Waals surface area contributed by atoms with Crippen LogP contribution >= 0.6 is 0 Å². The van der Waals surface area contributed by atoms with Gasteiger partial charge in [0, 0.05) is 19.6 Å². The minimum absolute atomic E-state index is 0.217. The van der Waals surface area contributed by atoms with Gasteiger partial charge in [0.05, 0.1) is 0 Å². The Balaban J connectivity index is 1.83. The van der Waals surface area contributed by atoms with Crippen LogP contribution in [0.2, 0.25) is 0 Å². The molecule has 0 fully saturated rings. The van der Waals surface area contributed by atoms with Crippen LogP contribution in [-0.4, -0.2) is 37.6 Å². The molecular formula is C51H88O4. The third-order valence-electron chi connectivity index (χ3n) is 11.9. The van der Waals surface area contributed by atoms with Gasteiger partial charge >= 0.3 is 0 Å². The van der Waals surface area contributed by atoms with Crippen molar-refractivity contribution in [1.82, 2.24) is 0 Å². The quantitative estimate of drug-likeness (QED) is 0.0638. The van der Waals surface area contributed by atoms with Crippen molar-refractivity contribution in [3.05, 3.63) is 59.7 Å². The zero-order valence-electron chi connectivity index (χ0n) is 37.2. The van der Waals surface area contributed by atoms with Gasteiger partial charge in [-0.2, -0.15) is 0 Å². The summed E-state index contributed by atoms with van der Waals surface area (Å²) < 4.78 is 25.9. The van der Waals surface area contributed by atoms with Crippen LogP contribution in [0.15, 0.2) is 48.5 Å². The third kappa shape index (κ3) is 21.9. The first-order chi connectivity index (χ1) is 27.0. The SMILES string of the molecule is CCCCCCCCCCCCCC(CC)(COc1ccc(Cc2ccccc2OCC(CC)(CCCCCCCCCCCCC)OCC)cc1)OCC. The van der Waals surface area contributed by atoms with Gasteiger partial charge in [-0.3, -0.25) is 0 Å². The maximum atomic E-state index is 6.62. The van der Waals surface area contributed by atoms with Gasteiger partial charge in [0.2, 0.25) is 0 Å². The molecule has 0 saturated carbocycles. The second-order valence-electron chi connectivity index (χ2n) is 16.5. The van der Waals surface area contributed by atoms with E-state index in [-0.39, 0.29) is 11.2 Å². The van der Waals surface area contributed by atoms with Gasteiger partial charge < -0.3 is 18.9 Å². The number of para-hydroxylation sites is 1. The van der Waals surface area contributed by atoms with E-state index >= 15 is 0 Å². The average molecular weight is 765 g/mol. The van der Waals surface area contributed by atoms with Crippen molar-refractivity contribution in [2.45, 2.75) is 226 Å². The first-order valence-corrected chi connectivity index (χ1v) is 23.7. The van der Waals surface area contributed by atoms with Crippen molar-refractivity contribution < 1.29 is 18.9 Å². The van der Waals surface area contributed by atoms with Gasteiger partial charge in [0.1, 0.15) is 35.9 Å². The number of unbranched alkanes of at least 4 members (excludes halogenated alkanes) is 20. The topological polar surface area (TPSA) is 36.9 Å². The van der Waals surface area contributed by atoms with Gasteiger partial charge in [-0.15, -0.1) is 0 Å². The molecule has 2 unspecified atom stereocenters. The number of benzene rings is 2. The van der Waals surface area contributed by atoms with Crippen molar-refractivity contribution in [3.63, 3.8) is 0 Å². The lowest BCUT2D eigenvalue weighted by molar-refractivity contribution is -0.0775. The Morgan fingerprint density at radius 1 is 0.418 bits per heavy atom. The second kappa shape index (κ2) is 32.0. The molecule has 0 N–H and O–H groups in total. The molecule has 0 aliphatic heterocycles. The molecular weight excluding hydrogens is 677 g/mol. The summed E-state index contributed by atoms with van der Waals surface area (Å²) in [7, 11) is 0. The zero-order valence-corrected chi connectivity index (χ0v) is 37.2. The molecule has 0 aliphatic carbocycles. The molecule has 0 aromatic heterocycles. The van der Waals surface area contributed by atoms with Gasteiger partial charge in [-0.1, -0.05) is 199 Å². The number of hydrogen-bond acceptors (Lipinski definition) is 4. The Bertz CT molecular complexity index is 1150. The van der Waals surface area contributed by atoms with E-state index in [1.54, 1.807) is 0 Å². The van der Waals surface area contributed by atoms with E-state index in [0.717, 1.165) is 50.2 Å². The maximum absolute atomic E-state index is 6.62. The second-order valence-corrected chi connectivity index (χ2v) is 16.5. The summed E-state index contributed by atoms with van der Waals surface area (Å²) in [6.45, 7) is 15.9. The Hall–Kier alpha value is -2.04. The van der Waals surface area contributed by atoms with Crippen molar-refractivity contribution in [2.75, 3.05) is 26.4 Å². The molecule has 2 aromatic carbocycles. The molecule has 0 amide bonds. The van der Waals surface area contributed by atoms with Crippen LogP contribution in [0, 0.1) is 0 Å². The van der Waals surface area contributed by atoms with Crippen LogP contribution in [0.25, 0.3) is 0 Å². The third-order valence-corrected chi connectivity index (χ3v) is 11.9. The molecule has 0 aliphatic rings. The zero-order chi connectivity index (χ0) is 39.7. The van der Waals surface area contributed by atoms with Crippen LogP contribution in [0.5, 0.6) is 11.5 Å². The molecule has 0 radical (unpaired) electrons. The highest BCUT2D eigenvalue weighted by atomic mass is 16.5. The summed E-state index contributed by atoms with van der Waals surface area (Å²) in [5.41, 5.74) is 2.01. The fourth-order valence-electron chi connectivity index (χ4n) is 8.11. The maximum Gasteiger partial charge on any atom is 0.122 e. The van der Waals surface area contributed by atoms with Crippen LogP contribution in [-0.2, 0) is 15.9 Å². The summed E-state index contributed by atoms with van der Waals surface area (Å²) in [5, 5.41) is 0. The van der Waals surface area contributed by atoms with Crippen molar-refractivity contribution in [2.24, 2.45) is 0 Å². The van der Waals surface area contributed by atoms with Gasteiger partial charge in [-0.25, -0.2) is 0 Å². The predicted molar refractivity (Wildman–Crippen MR) is 238 cm³/mol. The van der Waals surface area contributed by atoms with Crippen LogP contribution < -0.4 is 9.47 Å². The highest BCUT2D eigenvalue weighted by Gasteiger charge is 2.30. The average Bonchev–Trinajstić information content (AvgIpc) is 3.21. The lowest BCUT2D eigenvalue weighted by atomic mass is 9.93. The Kier molecular flexibility index (Phi) is 28.6. The summed E-state index contributed by atoms with van der Waals surface area (Å²) in [6.07, 6.45) is 34.8. The molecule has 4 nitrogen and oxygen atoms in total. The van der Waals surface area contributed by atoms with Crippen LogP contribution in [0.4, 0.5) is 0 Å². The monoisotopic (exact) mass is 765 g/mol.